The Balaban J connectivity index is 1.78. The predicted molar refractivity (Wildman–Crippen MR) is 70.2 cm³/mol. The highest BCUT2D eigenvalue weighted by molar-refractivity contribution is 5.95. The van der Waals surface area contributed by atoms with Gasteiger partial charge in [-0.3, -0.25) is 4.79 Å². The van der Waals surface area contributed by atoms with Gasteiger partial charge in [0.15, 0.2) is 0 Å². The van der Waals surface area contributed by atoms with E-state index in [1.807, 2.05) is 0 Å². The van der Waals surface area contributed by atoms with E-state index in [-0.39, 0.29) is 11.6 Å². The Morgan fingerprint density at radius 2 is 2.38 bits per heavy atom. The van der Waals surface area contributed by atoms with E-state index in [0.717, 1.165) is 0 Å². The van der Waals surface area contributed by atoms with Gasteiger partial charge in [0.25, 0.3) is 0 Å². The number of hydrogen-bond acceptors (Lipinski definition) is 6. The highest BCUT2D eigenvalue weighted by Crippen LogP contribution is 2.19. The van der Waals surface area contributed by atoms with E-state index < -0.39 is 18.0 Å². The Kier molecular flexibility index (Phi) is 3.59. The number of tetrazole rings is 1. The van der Waals surface area contributed by atoms with Crippen LogP contribution < -0.4 is 10.6 Å². The summed E-state index contributed by atoms with van der Waals surface area (Å²) in [5, 5.41) is 25.5. The molecule has 1 aromatic heterocycles. The van der Waals surface area contributed by atoms with Crippen LogP contribution in [0.2, 0.25) is 0 Å². The fourth-order valence-corrected chi connectivity index (χ4v) is 2.17. The lowest BCUT2D eigenvalue weighted by molar-refractivity contribution is -0.118. The number of aliphatic hydroxyl groups excluding tert-OH is 1. The molecule has 0 radical (unpaired) electrons. The van der Waals surface area contributed by atoms with E-state index in [2.05, 4.69) is 26.2 Å². The molecule has 0 bridgehead atoms. The van der Waals surface area contributed by atoms with Gasteiger partial charge in [-0.25, -0.2) is 9.07 Å². The zero-order chi connectivity index (χ0) is 14.8. The largest absolute Gasteiger partial charge is 0.392 e. The summed E-state index contributed by atoms with van der Waals surface area (Å²) in [5.41, 5.74) is 0.562. The molecule has 1 aliphatic heterocycles. The molecule has 9 heteroatoms. The fraction of sp³-hybridized carbons (Fsp3) is 0.333. The SMILES string of the molecule is O=C(Nc1cc(-n2cnnn2)ccc1F)C1CC(O)CN1. The number of rotatable bonds is 3. The summed E-state index contributed by atoms with van der Waals surface area (Å²) < 4.78 is 15.1. The number of carbonyl (C=O) groups is 1. The van der Waals surface area contributed by atoms with Gasteiger partial charge in [-0.1, -0.05) is 0 Å². The zero-order valence-electron chi connectivity index (χ0n) is 10.9. The molecule has 0 saturated carbocycles. The Bertz CT molecular complexity index is 647. The van der Waals surface area contributed by atoms with Crippen molar-refractivity contribution in [2.45, 2.75) is 18.6 Å². The zero-order valence-corrected chi connectivity index (χ0v) is 10.9. The fourth-order valence-electron chi connectivity index (χ4n) is 2.17. The lowest BCUT2D eigenvalue weighted by atomic mass is 10.2. The first kappa shape index (κ1) is 13.6. The first-order valence-electron chi connectivity index (χ1n) is 6.38. The molecule has 1 aromatic carbocycles. The smallest absolute Gasteiger partial charge is 0.241 e. The molecular weight excluding hydrogens is 279 g/mol. The van der Waals surface area contributed by atoms with E-state index in [0.29, 0.717) is 18.7 Å². The summed E-state index contributed by atoms with van der Waals surface area (Å²) in [7, 11) is 0. The van der Waals surface area contributed by atoms with Crippen molar-refractivity contribution in [1.29, 1.82) is 0 Å². The third kappa shape index (κ3) is 2.88. The molecule has 0 aliphatic carbocycles. The van der Waals surface area contributed by atoms with Crippen LogP contribution in [0.15, 0.2) is 24.5 Å². The highest BCUT2D eigenvalue weighted by Gasteiger charge is 2.28. The maximum atomic E-state index is 13.8. The summed E-state index contributed by atoms with van der Waals surface area (Å²) in [6.07, 6.45) is 1.12. The van der Waals surface area contributed by atoms with E-state index in [9.17, 15) is 14.3 Å². The first-order chi connectivity index (χ1) is 10.1. The summed E-state index contributed by atoms with van der Waals surface area (Å²) in [6, 6.07) is 3.63. The number of β-amino-alcohol motifs (C(OH)–C–C–N with tert-alkyl or cyclic N) is 1. The monoisotopic (exact) mass is 292 g/mol. The van der Waals surface area contributed by atoms with Crippen LogP contribution in [-0.4, -0.2) is 49.9 Å². The van der Waals surface area contributed by atoms with Gasteiger partial charge in [-0.2, -0.15) is 0 Å². The molecule has 110 valence electrons. The molecule has 2 atom stereocenters. The second-order valence-corrected chi connectivity index (χ2v) is 4.76. The minimum atomic E-state index is -0.557. The topological polar surface area (TPSA) is 105 Å². The summed E-state index contributed by atoms with van der Waals surface area (Å²) in [5.74, 6) is -0.946. The highest BCUT2D eigenvalue weighted by atomic mass is 19.1. The number of aliphatic hydroxyl groups is 1. The number of nitrogens with one attached hydrogen (secondary N) is 2. The van der Waals surface area contributed by atoms with Crippen LogP contribution in [0.25, 0.3) is 5.69 Å². The van der Waals surface area contributed by atoms with Gasteiger partial charge in [0.05, 0.1) is 23.5 Å². The molecule has 2 heterocycles. The number of aromatic nitrogens is 4. The van der Waals surface area contributed by atoms with Crippen LogP contribution >= 0.6 is 0 Å². The lowest BCUT2D eigenvalue weighted by Gasteiger charge is -2.12. The van der Waals surface area contributed by atoms with Gasteiger partial charge in [-0.05, 0) is 35.0 Å². The number of benzene rings is 1. The molecule has 2 unspecified atom stereocenters. The van der Waals surface area contributed by atoms with Gasteiger partial charge >= 0.3 is 0 Å². The minimum absolute atomic E-state index is 0.0381. The van der Waals surface area contributed by atoms with Crippen LogP contribution in [0.3, 0.4) is 0 Å². The van der Waals surface area contributed by atoms with Crippen molar-refractivity contribution in [2.24, 2.45) is 0 Å². The maximum absolute atomic E-state index is 13.8. The van der Waals surface area contributed by atoms with Crippen LogP contribution in [0.5, 0.6) is 0 Å². The van der Waals surface area contributed by atoms with Crippen LogP contribution in [0, 0.1) is 5.82 Å². The molecule has 3 rings (SSSR count). The number of hydrogen-bond donors (Lipinski definition) is 3. The van der Waals surface area contributed by atoms with Crippen molar-refractivity contribution in [1.82, 2.24) is 25.5 Å². The summed E-state index contributed by atoms with van der Waals surface area (Å²) >= 11 is 0. The van der Waals surface area contributed by atoms with Gasteiger partial charge in [-0.15, -0.1) is 5.10 Å². The second kappa shape index (κ2) is 5.54. The second-order valence-electron chi connectivity index (χ2n) is 4.76. The normalized spacial score (nSPS) is 21.4. The van der Waals surface area contributed by atoms with Gasteiger partial charge in [0, 0.05) is 6.54 Å². The van der Waals surface area contributed by atoms with E-state index in [1.165, 1.54) is 29.2 Å². The van der Waals surface area contributed by atoms with Crippen LogP contribution in [0.1, 0.15) is 6.42 Å². The average Bonchev–Trinajstić information content (AvgIpc) is 3.12. The van der Waals surface area contributed by atoms with Gasteiger partial charge in [0.2, 0.25) is 5.91 Å². The molecule has 1 fully saturated rings. The molecule has 3 N–H and O–H groups in total. The molecule has 0 spiro atoms. The number of amides is 1. The number of halogens is 1. The minimum Gasteiger partial charge on any atom is -0.392 e. The number of anilines is 1. The summed E-state index contributed by atoms with van der Waals surface area (Å²) in [4.78, 5) is 12.0. The van der Waals surface area contributed by atoms with E-state index in [4.69, 9.17) is 0 Å². The standard InChI is InChI=1S/C12H13FN6O2/c13-9-2-1-7(19-6-15-17-18-19)3-10(9)16-12(21)11-4-8(20)5-14-11/h1-3,6,8,11,14,20H,4-5H2,(H,16,21). The van der Waals surface area contributed by atoms with Crippen molar-refractivity contribution in [2.75, 3.05) is 11.9 Å². The Morgan fingerprint density at radius 3 is 3.05 bits per heavy atom. The Hall–Kier alpha value is -2.39. The van der Waals surface area contributed by atoms with Crippen LogP contribution in [-0.2, 0) is 4.79 Å². The third-order valence-electron chi connectivity index (χ3n) is 3.25. The van der Waals surface area contributed by atoms with Gasteiger partial charge in [0.1, 0.15) is 12.1 Å². The first-order valence-corrected chi connectivity index (χ1v) is 6.38. The molecule has 8 nitrogen and oxygen atoms in total. The van der Waals surface area contributed by atoms with Crippen molar-refractivity contribution < 1.29 is 14.3 Å². The van der Waals surface area contributed by atoms with Crippen molar-refractivity contribution in [3.63, 3.8) is 0 Å². The van der Waals surface area contributed by atoms with Crippen molar-refractivity contribution >= 4 is 11.6 Å². The van der Waals surface area contributed by atoms with Crippen molar-refractivity contribution in [3.8, 4) is 5.69 Å². The molecule has 21 heavy (non-hydrogen) atoms. The molecule has 1 saturated heterocycles. The lowest BCUT2D eigenvalue weighted by Crippen LogP contribution is -2.35. The van der Waals surface area contributed by atoms with Gasteiger partial charge < -0.3 is 15.7 Å². The Morgan fingerprint density at radius 1 is 1.52 bits per heavy atom. The average molecular weight is 292 g/mol. The molecule has 2 aromatic rings. The number of nitrogens with zero attached hydrogens (tertiary/aromatic N) is 4. The number of carbonyl (C=O) groups excluding carboxylic acids is 1. The molecular formula is C12H13FN6O2. The third-order valence-corrected chi connectivity index (χ3v) is 3.25. The Labute approximate surface area is 119 Å². The van der Waals surface area contributed by atoms with E-state index >= 15 is 0 Å². The van der Waals surface area contributed by atoms with Crippen LogP contribution in [0.4, 0.5) is 10.1 Å². The quantitative estimate of drug-likeness (QED) is 0.702. The maximum Gasteiger partial charge on any atom is 0.241 e. The van der Waals surface area contributed by atoms with Crippen molar-refractivity contribution in [3.05, 3.63) is 30.3 Å². The molecule has 1 aliphatic rings. The predicted octanol–water partition coefficient (Wildman–Crippen LogP) is -0.537. The summed E-state index contributed by atoms with van der Waals surface area (Å²) in [6.45, 7) is 0.352. The van der Waals surface area contributed by atoms with E-state index in [1.54, 1.807) is 0 Å². The molecule has 1 amide bonds.